The lowest BCUT2D eigenvalue weighted by Gasteiger charge is -2.14. The number of rotatable bonds is 10. The third-order valence-corrected chi connectivity index (χ3v) is 3.78. The number of hydrogen-bond donors (Lipinski definition) is 1. The van der Waals surface area contributed by atoms with E-state index in [4.69, 9.17) is 21.1 Å². The van der Waals surface area contributed by atoms with Crippen molar-refractivity contribution in [1.82, 2.24) is 15.2 Å². The van der Waals surface area contributed by atoms with E-state index in [2.05, 4.69) is 35.4 Å². The fourth-order valence-corrected chi connectivity index (χ4v) is 2.35. The van der Waals surface area contributed by atoms with E-state index in [1.54, 1.807) is 12.3 Å². The largest absolute Gasteiger partial charge is 0.490 e. The number of aromatic nitrogens is 1. The zero-order chi connectivity index (χ0) is 18.1. The van der Waals surface area contributed by atoms with Crippen LogP contribution >= 0.6 is 36.4 Å². The van der Waals surface area contributed by atoms with E-state index in [1.807, 2.05) is 25.1 Å². The molecule has 5 nitrogen and oxygen atoms in total. The predicted octanol–water partition coefficient (Wildman–Crippen LogP) is 4.21. The van der Waals surface area contributed by atoms with Gasteiger partial charge >= 0.3 is 0 Å². The second-order valence-corrected chi connectivity index (χ2v) is 6.36. The van der Waals surface area contributed by atoms with Gasteiger partial charge in [-0.3, -0.25) is 0 Å². The molecule has 8 heteroatoms. The van der Waals surface area contributed by atoms with E-state index in [1.165, 1.54) is 5.56 Å². The summed E-state index contributed by atoms with van der Waals surface area (Å²) in [6.07, 6.45) is 1.71. The standard InChI is InChI=1S/C19H26ClN3O2.2ClH/c1-4-24-18-11-15(12-21-9-10-23(2)3)5-7-17(18)25-14-16-6-8-19(20)22-13-16;;/h5-8,11,13,21H,4,9-10,12,14H2,1-3H3;2*1H. The minimum Gasteiger partial charge on any atom is -0.490 e. The second-order valence-electron chi connectivity index (χ2n) is 5.97. The van der Waals surface area contributed by atoms with Gasteiger partial charge in [-0.25, -0.2) is 4.98 Å². The van der Waals surface area contributed by atoms with Gasteiger partial charge in [0.1, 0.15) is 11.8 Å². The molecule has 0 unspecified atom stereocenters. The van der Waals surface area contributed by atoms with Crippen molar-refractivity contribution in [3.05, 3.63) is 52.8 Å². The summed E-state index contributed by atoms with van der Waals surface area (Å²) in [5.41, 5.74) is 2.13. The summed E-state index contributed by atoms with van der Waals surface area (Å²) < 4.78 is 11.6. The molecule has 0 aliphatic heterocycles. The molecule has 0 aliphatic rings. The van der Waals surface area contributed by atoms with Gasteiger partial charge in [-0.1, -0.05) is 23.7 Å². The van der Waals surface area contributed by atoms with Gasteiger partial charge in [-0.05, 0) is 44.8 Å². The van der Waals surface area contributed by atoms with Gasteiger partial charge in [0.15, 0.2) is 11.5 Å². The van der Waals surface area contributed by atoms with Crippen LogP contribution in [0.15, 0.2) is 36.5 Å². The summed E-state index contributed by atoms with van der Waals surface area (Å²) in [7, 11) is 4.13. The molecule has 1 aromatic carbocycles. The Hall–Kier alpha value is -1.24. The van der Waals surface area contributed by atoms with Crippen LogP contribution in [-0.4, -0.2) is 43.7 Å². The molecule has 0 aliphatic carbocycles. The van der Waals surface area contributed by atoms with Crippen molar-refractivity contribution in [3.63, 3.8) is 0 Å². The van der Waals surface area contributed by atoms with Crippen LogP contribution in [0.2, 0.25) is 5.15 Å². The lowest BCUT2D eigenvalue weighted by molar-refractivity contribution is 0.268. The minimum atomic E-state index is 0. The fraction of sp³-hybridized carbons (Fsp3) is 0.421. The molecule has 0 saturated carbocycles. The summed E-state index contributed by atoms with van der Waals surface area (Å²) in [6, 6.07) is 9.70. The quantitative estimate of drug-likeness (QED) is 0.446. The zero-order valence-corrected chi connectivity index (χ0v) is 18.3. The highest BCUT2D eigenvalue weighted by molar-refractivity contribution is 6.29. The van der Waals surface area contributed by atoms with E-state index >= 15 is 0 Å². The molecule has 0 radical (unpaired) electrons. The number of benzene rings is 1. The summed E-state index contributed by atoms with van der Waals surface area (Å²) in [5, 5.41) is 3.90. The Morgan fingerprint density at radius 3 is 2.41 bits per heavy atom. The van der Waals surface area contributed by atoms with Crippen molar-refractivity contribution in [1.29, 1.82) is 0 Å². The molecule has 0 saturated heterocycles. The maximum absolute atomic E-state index is 5.89. The number of nitrogens with one attached hydrogen (secondary N) is 1. The highest BCUT2D eigenvalue weighted by atomic mass is 35.5. The number of hydrogen-bond acceptors (Lipinski definition) is 5. The van der Waals surface area contributed by atoms with E-state index in [-0.39, 0.29) is 24.8 Å². The van der Waals surface area contributed by atoms with Crippen LogP contribution in [-0.2, 0) is 13.2 Å². The minimum absolute atomic E-state index is 0. The Morgan fingerprint density at radius 1 is 1.04 bits per heavy atom. The summed E-state index contributed by atoms with van der Waals surface area (Å²) in [5.74, 6) is 1.49. The highest BCUT2D eigenvalue weighted by Crippen LogP contribution is 2.29. The number of ether oxygens (including phenoxy) is 2. The first-order valence-corrected chi connectivity index (χ1v) is 8.80. The van der Waals surface area contributed by atoms with Gasteiger partial charge in [0.05, 0.1) is 6.61 Å². The smallest absolute Gasteiger partial charge is 0.161 e. The van der Waals surface area contributed by atoms with Crippen LogP contribution in [0.4, 0.5) is 0 Å². The maximum atomic E-state index is 5.89. The van der Waals surface area contributed by atoms with Crippen molar-refractivity contribution in [2.75, 3.05) is 33.8 Å². The Bertz CT molecular complexity index is 655. The molecule has 0 bridgehead atoms. The van der Waals surface area contributed by atoms with Crippen LogP contribution in [0.5, 0.6) is 11.5 Å². The van der Waals surface area contributed by atoms with E-state index < -0.39 is 0 Å². The van der Waals surface area contributed by atoms with Crippen molar-refractivity contribution in [2.45, 2.75) is 20.1 Å². The summed E-state index contributed by atoms with van der Waals surface area (Å²) in [4.78, 5) is 6.21. The topological polar surface area (TPSA) is 46.6 Å². The lowest BCUT2D eigenvalue weighted by atomic mass is 10.2. The van der Waals surface area contributed by atoms with Gasteiger partial charge in [-0.15, -0.1) is 24.8 Å². The number of halogens is 3. The molecule has 27 heavy (non-hydrogen) atoms. The SMILES string of the molecule is CCOc1cc(CNCCN(C)C)ccc1OCc1ccc(Cl)nc1.Cl.Cl. The zero-order valence-electron chi connectivity index (χ0n) is 15.9. The Balaban J connectivity index is 0.00000338. The maximum Gasteiger partial charge on any atom is 0.161 e. The van der Waals surface area contributed by atoms with Crippen molar-refractivity contribution in [2.24, 2.45) is 0 Å². The third-order valence-electron chi connectivity index (χ3n) is 3.56. The molecular weight excluding hydrogens is 409 g/mol. The van der Waals surface area contributed by atoms with E-state index in [0.717, 1.165) is 36.7 Å². The number of likely N-dealkylation sites (N-methyl/N-ethyl adjacent to an activating group) is 1. The number of nitrogens with zero attached hydrogens (tertiary/aromatic N) is 2. The molecule has 0 spiro atoms. The first-order valence-electron chi connectivity index (χ1n) is 8.43. The Morgan fingerprint density at radius 2 is 1.78 bits per heavy atom. The average molecular weight is 437 g/mol. The lowest BCUT2D eigenvalue weighted by Crippen LogP contribution is -2.26. The van der Waals surface area contributed by atoms with Crippen molar-refractivity contribution >= 4 is 36.4 Å². The van der Waals surface area contributed by atoms with Crippen molar-refractivity contribution < 1.29 is 9.47 Å². The molecular formula is C19H28Cl3N3O2. The number of pyridine rings is 1. The van der Waals surface area contributed by atoms with Crippen LogP contribution in [0.25, 0.3) is 0 Å². The normalized spacial score (nSPS) is 10.1. The van der Waals surface area contributed by atoms with Gasteiger partial charge in [0.2, 0.25) is 0 Å². The highest BCUT2D eigenvalue weighted by Gasteiger charge is 2.07. The third kappa shape index (κ3) is 9.49. The van der Waals surface area contributed by atoms with E-state index in [0.29, 0.717) is 18.4 Å². The van der Waals surface area contributed by atoms with Gasteiger partial charge in [-0.2, -0.15) is 0 Å². The van der Waals surface area contributed by atoms with Crippen LogP contribution in [0.1, 0.15) is 18.1 Å². The van der Waals surface area contributed by atoms with Crippen molar-refractivity contribution in [3.8, 4) is 11.5 Å². The molecule has 2 rings (SSSR count). The fourth-order valence-electron chi connectivity index (χ4n) is 2.24. The van der Waals surface area contributed by atoms with Gasteiger partial charge < -0.3 is 19.7 Å². The van der Waals surface area contributed by atoms with Crippen LogP contribution in [0, 0.1) is 0 Å². The molecule has 0 atom stereocenters. The monoisotopic (exact) mass is 435 g/mol. The van der Waals surface area contributed by atoms with E-state index in [9.17, 15) is 0 Å². The first kappa shape index (κ1) is 25.8. The molecule has 1 aromatic heterocycles. The molecule has 1 heterocycles. The van der Waals surface area contributed by atoms with Gasteiger partial charge in [0.25, 0.3) is 0 Å². The van der Waals surface area contributed by atoms with Gasteiger partial charge in [0, 0.05) is 31.4 Å². The average Bonchev–Trinajstić information content (AvgIpc) is 2.59. The Labute approximate surface area is 179 Å². The molecule has 0 amide bonds. The first-order chi connectivity index (χ1) is 12.1. The van der Waals surface area contributed by atoms with Crippen LogP contribution < -0.4 is 14.8 Å². The Kier molecular flexibility index (Phi) is 13.2. The molecule has 152 valence electrons. The summed E-state index contributed by atoms with van der Waals surface area (Å²) >= 11 is 5.80. The molecule has 2 aromatic rings. The molecule has 1 N–H and O–H groups in total. The predicted molar refractivity (Wildman–Crippen MR) is 116 cm³/mol. The summed E-state index contributed by atoms with van der Waals surface area (Å²) in [6.45, 7) is 5.73. The second kappa shape index (κ2) is 13.9. The molecule has 0 fully saturated rings. The van der Waals surface area contributed by atoms with Crippen LogP contribution in [0.3, 0.4) is 0 Å².